The lowest BCUT2D eigenvalue weighted by atomic mass is 10.0. The zero-order valence-electron chi connectivity index (χ0n) is 11.5. The third-order valence-corrected chi connectivity index (χ3v) is 3.22. The van der Waals surface area contributed by atoms with Crippen molar-refractivity contribution in [3.05, 3.63) is 65.7 Å². The Bertz CT molecular complexity index is 563. The number of hydrogen-bond acceptors (Lipinski definition) is 3. The molecule has 0 fully saturated rings. The van der Waals surface area contributed by atoms with Crippen LogP contribution in [0.15, 0.2) is 54.6 Å². The van der Waals surface area contributed by atoms with Gasteiger partial charge in [-0.2, -0.15) is 0 Å². The zero-order valence-corrected chi connectivity index (χ0v) is 11.5. The first-order valence-corrected chi connectivity index (χ1v) is 6.61. The summed E-state index contributed by atoms with van der Waals surface area (Å²) in [4.78, 5) is 12.0. The Balaban J connectivity index is 1.95. The molecule has 0 amide bonds. The predicted octanol–water partition coefficient (Wildman–Crippen LogP) is 3.39. The topological polar surface area (TPSA) is 46.5 Å². The maximum atomic E-state index is 12.0. The van der Waals surface area contributed by atoms with E-state index in [1.165, 1.54) is 0 Å². The van der Waals surface area contributed by atoms with E-state index in [1.807, 2.05) is 36.4 Å². The predicted molar refractivity (Wildman–Crippen MR) is 78.0 cm³/mol. The molecule has 20 heavy (non-hydrogen) atoms. The second kappa shape index (κ2) is 6.87. The number of carbonyl (C=O) groups excluding carboxylic acids is 1. The lowest BCUT2D eigenvalue weighted by molar-refractivity contribution is 0.0940. The number of rotatable bonds is 6. The van der Waals surface area contributed by atoms with Crippen molar-refractivity contribution in [3.63, 3.8) is 0 Å². The molecule has 3 heteroatoms. The fourth-order valence-electron chi connectivity index (χ4n) is 2.05. The molecule has 0 saturated carbocycles. The van der Waals surface area contributed by atoms with E-state index in [4.69, 9.17) is 4.74 Å². The fraction of sp³-hybridized carbons (Fsp3) is 0.235. The highest BCUT2D eigenvalue weighted by molar-refractivity contribution is 5.95. The van der Waals surface area contributed by atoms with Crippen molar-refractivity contribution < 1.29 is 14.6 Å². The molecule has 2 aromatic rings. The monoisotopic (exact) mass is 270 g/mol. The first kappa shape index (κ1) is 14.3. The molecule has 1 atom stereocenters. The minimum Gasteiger partial charge on any atom is -0.497 e. The Labute approximate surface area is 118 Å². The number of benzene rings is 2. The number of ether oxygens (including phenoxy) is 1. The molecule has 3 nitrogen and oxygen atoms in total. The third-order valence-electron chi connectivity index (χ3n) is 3.22. The van der Waals surface area contributed by atoms with Crippen LogP contribution in [0, 0.1) is 0 Å². The maximum Gasteiger partial charge on any atom is 0.162 e. The molecule has 1 N–H and O–H groups in total. The van der Waals surface area contributed by atoms with Gasteiger partial charge in [-0.15, -0.1) is 0 Å². The molecule has 0 saturated heterocycles. The molecule has 0 heterocycles. The largest absolute Gasteiger partial charge is 0.497 e. The van der Waals surface area contributed by atoms with Gasteiger partial charge in [0.1, 0.15) is 5.75 Å². The van der Waals surface area contributed by atoms with E-state index in [9.17, 15) is 9.90 Å². The van der Waals surface area contributed by atoms with Gasteiger partial charge in [-0.05, 0) is 24.1 Å². The first-order valence-electron chi connectivity index (χ1n) is 6.61. The fourth-order valence-corrected chi connectivity index (χ4v) is 2.05. The van der Waals surface area contributed by atoms with E-state index in [-0.39, 0.29) is 5.78 Å². The van der Waals surface area contributed by atoms with Crippen molar-refractivity contribution >= 4 is 5.78 Å². The van der Waals surface area contributed by atoms with Crippen molar-refractivity contribution in [2.24, 2.45) is 0 Å². The Morgan fingerprint density at radius 2 is 1.90 bits per heavy atom. The van der Waals surface area contributed by atoms with Gasteiger partial charge in [0.25, 0.3) is 0 Å². The van der Waals surface area contributed by atoms with Crippen LogP contribution in [0.4, 0.5) is 0 Å². The van der Waals surface area contributed by atoms with E-state index < -0.39 is 6.10 Å². The highest BCUT2D eigenvalue weighted by Crippen LogP contribution is 2.23. The zero-order chi connectivity index (χ0) is 14.4. The van der Waals surface area contributed by atoms with Crippen molar-refractivity contribution in [1.82, 2.24) is 0 Å². The highest BCUT2D eigenvalue weighted by atomic mass is 16.5. The molecular formula is C17H18O3. The van der Waals surface area contributed by atoms with Gasteiger partial charge >= 0.3 is 0 Å². The Morgan fingerprint density at radius 1 is 1.15 bits per heavy atom. The van der Waals surface area contributed by atoms with Crippen LogP contribution in [0.3, 0.4) is 0 Å². The van der Waals surface area contributed by atoms with E-state index in [1.54, 1.807) is 25.3 Å². The summed E-state index contributed by atoms with van der Waals surface area (Å²) in [5, 5.41) is 10.1. The number of ketones is 1. The summed E-state index contributed by atoms with van der Waals surface area (Å²) >= 11 is 0. The van der Waals surface area contributed by atoms with Crippen LogP contribution in [-0.2, 0) is 0 Å². The molecule has 0 aliphatic rings. The van der Waals surface area contributed by atoms with Gasteiger partial charge in [0.2, 0.25) is 0 Å². The number of aliphatic hydroxyl groups excluding tert-OH is 1. The number of hydrogen-bond donors (Lipinski definition) is 1. The van der Waals surface area contributed by atoms with Crippen LogP contribution < -0.4 is 4.74 Å². The van der Waals surface area contributed by atoms with Crippen LogP contribution in [0.25, 0.3) is 0 Å². The molecule has 0 aliphatic carbocycles. The van der Waals surface area contributed by atoms with E-state index in [0.717, 1.165) is 5.56 Å². The maximum absolute atomic E-state index is 12.0. The summed E-state index contributed by atoms with van der Waals surface area (Å²) in [6, 6.07) is 16.4. The first-order chi connectivity index (χ1) is 9.70. The van der Waals surface area contributed by atoms with E-state index >= 15 is 0 Å². The second-order valence-electron chi connectivity index (χ2n) is 4.62. The Hall–Kier alpha value is -2.13. The van der Waals surface area contributed by atoms with Crippen LogP contribution in [0.1, 0.15) is 34.9 Å². The standard InChI is InChI=1S/C17H18O3/c1-20-15-9-5-8-14(12-15)17(19)11-10-16(18)13-6-3-2-4-7-13/h2-9,12,17,19H,10-11H2,1H3. The number of aliphatic hydroxyl groups is 1. The number of carbonyl (C=O) groups is 1. The summed E-state index contributed by atoms with van der Waals surface area (Å²) in [5.74, 6) is 0.753. The van der Waals surface area contributed by atoms with Gasteiger partial charge in [-0.3, -0.25) is 4.79 Å². The molecule has 0 aliphatic heterocycles. The quantitative estimate of drug-likeness (QED) is 0.818. The van der Waals surface area contributed by atoms with Gasteiger partial charge in [0.05, 0.1) is 13.2 Å². The van der Waals surface area contributed by atoms with Gasteiger partial charge in [0.15, 0.2) is 5.78 Å². The normalized spacial score (nSPS) is 11.9. The minimum atomic E-state index is -0.655. The van der Waals surface area contributed by atoms with Gasteiger partial charge in [-0.1, -0.05) is 42.5 Å². The molecular weight excluding hydrogens is 252 g/mol. The van der Waals surface area contributed by atoms with Crippen molar-refractivity contribution in [1.29, 1.82) is 0 Å². The van der Waals surface area contributed by atoms with Gasteiger partial charge in [0, 0.05) is 12.0 Å². The highest BCUT2D eigenvalue weighted by Gasteiger charge is 2.12. The summed E-state index contributed by atoms with van der Waals surface area (Å²) < 4.78 is 5.12. The average molecular weight is 270 g/mol. The Morgan fingerprint density at radius 3 is 2.60 bits per heavy atom. The number of Topliss-reactive ketones (excluding diaryl/α,β-unsaturated/α-hetero) is 1. The average Bonchev–Trinajstić information content (AvgIpc) is 2.53. The van der Waals surface area contributed by atoms with E-state index in [2.05, 4.69) is 0 Å². The van der Waals surface area contributed by atoms with Crippen molar-refractivity contribution in [2.75, 3.05) is 7.11 Å². The Kier molecular flexibility index (Phi) is 4.91. The third kappa shape index (κ3) is 3.68. The van der Waals surface area contributed by atoms with Crippen LogP contribution in [0.5, 0.6) is 5.75 Å². The summed E-state index contributed by atoms with van der Waals surface area (Å²) in [5.41, 5.74) is 1.45. The molecule has 1 unspecified atom stereocenters. The minimum absolute atomic E-state index is 0.0487. The molecule has 0 aromatic heterocycles. The van der Waals surface area contributed by atoms with E-state index in [0.29, 0.717) is 24.2 Å². The summed E-state index contributed by atoms with van der Waals surface area (Å²) in [6.07, 6.45) is 0.0706. The van der Waals surface area contributed by atoms with Crippen LogP contribution in [-0.4, -0.2) is 18.0 Å². The summed E-state index contributed by atoms with van der Waals surface area (Å²) in [6.45, 7) is 0. The lowest BCUT2D eigenvalue weighted by Crippen LogP contribution is -2.04. The molecule has 0 radical (unpaired) electrons. The van der Waals surface area contributed by atoms with Crippen LogP contribution >= 0.6 is 0 Å². The molecule has 0 bridgehead atoms. The lowest BCUT2D eigenvalue weighted by Gasteiger charge is -2.11. The van der Waals surface area contributed by atoms with Gasteiger partial charge in [-0.25, -0.2) is 0 Å². The summed E-state index contributed by atoms with van der Waals surface area (Å²) in [7, 11) is 1.59. The number of methoxy groups -OCH3 is 1. The molecule has 0 spiro atoms. The smallest absolute Gasteiger partial charge is 0.162 e. The van der Waals surface area contributed by atoms with Crippen LogP contribution in [0.2, 0.25) is 0 Å². The molecule has 104 valence electrons. The van der Waals surface area contributed by atoms with Crippen molar-refractivity contribution in [2.45, 2.75) is 18.9 Å². The van der Waals surface area contributed by atoms with Crippen molar-refractivity contribution in [3.8, 4) is 5.75 Å². The molecule has 2 rings (SSSR count). The second-order valence-corrected chi connectivity index (χ2v) is 4.62. The molecule has 2 aromatic carbocycles. The van der Waals surface area contributed by atoms with Gasteiger partial charge < -0.3 is 9.84 Å². The SMILES string of the molecule is COc1cccc(C(O)CCC(=O)c2ccccc2)c1.